The molecule has 0 aliphatic heterocycles. The van der Waals surface area contributed by atoms with E-state index in [-0.39, 0.29) is 0 Å². The standard InChI is InChI=1S/C57H34N4O/c1-3-15-36(16-4-1)47-34-49-54(44-23-12-11-22-43(44)47)53-42-21-10-9-17-37(42)28-31-48(53)61(49)41-29-30-45-51(33-41)62-50-25-13-24-46(52(45)50)57-59-55(38-18-5-2-6-19-38)58-56(60-57)40-27-26-35-14-7-8-20-39(35)32-40/h1-34H. The zero-order chi connectivity index (χ0) is 40.7. The Morgan fingerprint density at radius 1 is 0.323 bits per heavy atom. The monoisotopic (exact) mass is 790 g/mol. The van der Waals surface area contributed by atoms with Gasteiger partial charge in [-0.1, -0.05) is 164 Å². The minimum absolute atomic E-state index is 0.592. The molecule has 0 N–H and O–H groups in total. The predicted molar refractivity (Wildman–Crippen MR) is 256 cm³/mol. The van der Waals surface area contributed by atoms with E-state index in [1.54, 1.807) is 0 Å². The van der Waals surface area contributed by atoms with Crippen LogP contribution in [0.4, 0.5) is 0 Å². The van der Waals surface area contributed by atoms with Gasteiger partial charge in [-0.3, -0.25) is 0 Å². The van der Waals surface area contributed by atoms with Gasteiger partial charge in [0, 0.05) is 50.0 Å². The molecule has 3 aromatic heterocycles. The molecule has 0 radical (unpaired) electrons. The van der Waals surface area contributed by atoms with Crippen molar-refractivity contribution in [3.63, 3.8) is 0 Å². The van der Waals surface area contributed by atoms with Gasteiger partial charge in [0.1, 0.15) is 11.2 Å². The van der Waals surface area contributed by atoms with Crippen LogP contribution in [0.3, 0.4) is 0 Å². The molecule has 5 nitrogen and oxygen atoms in total. The highest BCUT2D eigenvalue weighted by atomic mass is 16.3. The molecule has 0 bridgehead atoms. The maximum atomic E-state index is 6.80. The second-order valence-electron chi connectivity index (χ2n) is 15.9. The van der Waals surface area contributed by atoms with E-state index in [1.165, 1.54) is 48.8 Å². The van der Waals surface area contributed by atoms with Gasteiger partial charge in [-0.05, 0) is 79.8 Å². The average molecular weight is 791 g/mol. The first-order valence-electron chi connectivity index (χ1n) is 20.9. The summed E-state index contributed by atoms with van der Waals surface area (Å²) in [5.41, 5.74) is 10.00. The molecule has 0 unspecified atom stereocenters. The molecule has 13 aromatic rings. The van der Waals surface area contributed by atoms with Crippen LogP contribution < -0.4 is 0 Å². The molecule has 3 heterocycles. The van der Waals surface area contributed by atoms with Gasteiger partial charge in [-0.2, -0.15) is 0 Å². The van der Waals surface area contributed by atoms with Gasteiger partial charge in [0.15, 0.2) is 17.5 Å². The molecule has 0 spiro atoms. The molecule has 0 atom stereocenters. The fraction of sp³-hybridized carbons (Fsp3) is 0. The number of aromatic nitrogens is 4. The lowest BCUT2D eigenvalue weighted by Crippen LogP contribution is -2.00. The van der Waals surface area contributed by atoms with Crippen LogP contribution in [0.5, 0.6) is 0 Å². The van der Waals surface area contributed by atoms with Crippen LogP contribution in [0, 0.1) is 0 Å². The fourth-order valence-electron chi connectivity index (χ4n) is 9.58. The van der Waals surface area contributed by atoms with E-state index in [9.17, 15) is 0 Å². The van der Waals surface area contributed by atoms with Crippen LogP contribution in [0.1, 0.15) is 0 Å². The highest BCUT2D eigenvalue weighted by Gasteiger charge is 2.22. The van der Waals surface area contributed by atoms with Crippen molar-refractivity contribution in [1.29, 1.82) is 0 Å². The van der Waals surface area contributed by atoms with E-state index < -0.39 is 0 Å². The average Bonchev–Trinajstić information content (AvgIpc) is 3.90. The molecular formula is C57H34N4O. The van der Waals surface area contributed by atoms with E-state index in [4.69, 9.17) is 19.4 Å². The zero-order valence-corrected chi connectivity index (χ0v) is 33.3. The molecule has 0 aliphatic carbocycles. The van der Waals surface area contributed by atoms with Crippen LogP contribution >= 0.6 is 0 Å². The van der Waals surface area contributed by atoms with Crippen molar-refractivity contribution >= 4 is 76.1 Å². The Balaban J connectivity index is 1.05. The van der Waals surface area contributed by atoms with Crippen molar-refractivity contribution in [1.82, 2.24) is 19.5 Å². The SMILES string of the molecule is c1ccc(-c2nc(-c3ccc4ccccc4c3)nc(-c3cccc4oc5cc(-n6c7ccc8ccccc8c7c7c8ccccc8c(-c8ccccc8)cc76)ccc5c34)n2)cc1. The van der Waals surface area contributed by atoms with Gasteiger partial charge in [0.2, 0.25) is 0 Å². The van der Waals surface area contributed by atoms with E-state index in [0.717, 1.165) is 60.7 Å². The number of hydrogen-bond acceptors (Lipinski definition) is 4. The first-order valence-corrected chi connectivity index (χ1v) is 20.9. The summed E-state index contributed by atoms with van der Waals surface area (Å²) < 4.78 is 9.22. The van der Waals surface area contributed by atoms with E-state index in [1.807, 2.05) is 42.5 Å². The summed E-state index contributed by atoms with van der Waals surface area (Å²) in [6.45, 7) is 0. The second kappa shape index (κ2) is 13.6. The molecule has 0 saturated heterocycles. The predicted octanol–water partition coefficient (Wildman–Crippen LogP) is 15.0. The van der Waals surface area contributed by atoms with E-state index >= 15 is 0 Å². The summed E-state index contributed by atoms with van der Waals surface area (Å²) in [7, 11) is 0. The van der Waals surface area contributed by atoms with E-state index in [2.05, 4.69) is 168 Å². The van der Waals surface area contributed by atoms with Crippen LogP contribution in [0.2, 0.25) is 0 Å². The molecule has 13 rings (SSSR count). The van der Waals surface area contributed by atoms with Crippen molar-refractivity contribution in [2.45, 2.75) is 0 Å². The largest absolute Gasteiger partial charge is 0.456 e. The number of benzene rings is 10. The minimum atomic E-state index is 0.592. The second-order valence-corrected chi connectivity index (χ2v) is 15.9. The van der Waals surface area contributed by atoms with Crippen molar-refractivity contribution in [2.24, 2.45) is 0 Å². The van der Waals surface area contributed by atoms with Gasteiger partial charge in [-0.25, -0.2) is 15.0 Å². The number of nitrogens with zero attached hydrogens (tertiary/aromatic N) is 4. The molecule has 0 fully saturated rings. The van der Waals surface area contributed by atoms with Crippen LogP contribution in [-0.2, 0) is 0 Å². The number of furan rings is 1. The maximum absolute atomic E-state index is 6.80. The smallest absolute Gasteiger partial charge is 0.164 e. The lowest BCUT2D eigenvalue weighted by atomic mass is 9.94. The lowest BCUT2D eigenvalue weighted by Gasteiger charge is -2.12. The van der Waals surface area contributed by atoms with Crippen molar-refractivity contribution < 1.29 is 4.42 Å². The maximum Gasteiger partial charge on any atom is 0.164 e. The third-order valence-corrected chi connectivity index (χ3v) is 12.4. The molecule has 288 valence electrons. The van der Waals surface area contributed by atoms with Crippen molar-refractivity contribution in [2.75, 3.05) is 0 Å². The summed E-state index contributed by atoms with van der Waals surface area (Å²) in [5, 5.41) is 11.7. The lowest BCUT2D eigenvalue weighted by molar-refractivity contribution is 0.668. The first kappa shape index (κ1) is 34.5. The number of fused-ring (bicyclic) bond motifs is 11. The van der Waals surface area contributed by atoms with Gasteiger partial charge in [0.25, 0.3) is 0 Å². The Labute approximate surface area is 355 Å². The number of rotatable bonds is 5. The molecular weight excluding hydrogens is 757 g/mol. The third kappa shape index (κ3) is 5.32. The molecule has 0 saturated carbocycles. The highest BCUT2D eigenvalue weighted by molar-refractivity contribution is 6.30. The normalized spacial score (nSPS) is 11.9. The Hall–Kier alpha value is -8.41. The molecule has 0 amide bonds. The van der Waals surface area contributed by atoms with Crippen LogP contribution in [0.25, 0.3) is 127 Å². The topological polar surface area (TPSA) is 56.7 Å². The molecule has 62 heavy (non-hydrogen) atoms. The van der Waals surface area contributed by atoms with Crippen LogP contribution in [0.15, 0.2) is 211 Å². The Kier molecular flexibility index (Phi) is 7.54. The van der Waals surface area contributed by atoms with Gasteiger partial charge < -0.3 is 8.98 Å². The summed E-state index contributed by atoms with van der Waals surface area (Å²) in [4.78, 5) is 15.4. The zero-order valence-electron chi connectivity index (χ0n) is 33.3. The van der Waals surface area contributed by atoms with E-state index in [0.29, 0.717) is 17.5 Å². The molecule has 0 aliphatic rings. The molecule has 10 aromatic carbocycles. The van der Waals surface area contributed by atoms with Crippen LogP contribution in [-0.4, -0.2) is 19.5 Å². The van der Waals surface area contributed by atoms with Crippen molar-refractivity contribution in [3.05, 3.63) is 206 Å². The van der Waals surface area contributed by atoms with Gasteiger partial charge in [-0.15, -0.1) is 0 Å². The minimum Gasteiger partial charge on any atom is -0.456 e. The van der Waals surface area contributed by atoms with Gasteiger partial charge >= 0.3 is 0 Å². The number of hydrogen-bond donors (Lipinski definition) is 0. The third-order valence-electron chi connectivity index (χ3n) is 12.4. The Bertz CT molecular complexity index is 3920. The fourth-order valence-corrected chi connectivity index (χ4v) is 9.58. The Morgan fingerprint density at radius 3 is 1.79 bits per heavy atom. The van der Waals surface area contributed by atoms with Gasteiger partial charge in [0.05, 0.1) is 11.0 Å². The molecule has 5 heteroatoms. The summed E-state index contributed by atoms with van der Waals surface area (Å²) in [5.74, 6) is 1.83. The first-order chi connectivity index (χ1) is 30.7. The summed E-state index contributed by atoms with van der Waals surface area (Å²) in [6.07, 6.45) is 0. The van der Waals surface area contributed by atoms with Crippen molar-refractivity contribution in [3.8, 4) is 51.0 Å². The quantitative estimate of drug-likeness (QED) is 0.174. The highest BCUT2D eigenvalue weighted by Crippen LogP contribution is 2.45. The summed E-state index contributed by atoms with van der Waals surface area (Å²) >= 11 is 0. The summed E-state index contributed by atoms with van der Waals surface area (Å²) in [6, 6.07) is 72.8. The Morgan fingerprint density at radius 2 is 0.968 bits per heavy atom.